The van der Waals surface area contributed by atoms with Crippen molar-refractivity contribution in [3.63, 3.8) is 0 Å². The van der Waals surface area contributed by atoms with E-state index in [0.29, 0.717) is 6.04 Å². The maximum absolute atomic E-state index is 4.66. The molecule has 5 heteroatoms. The second-order valence-electron chi connectivity index (χ2n) is 5.89. The number of piperidine rings is 1. The van der Waals surface area contributed by atoms with Crippen LogP contribution in [-0.4, -0.2) is 42.2 Å². The van der Waals surface area contributed by atoms with E-state index in [1.807, 2.05) is 12.3 Å². The van der Waals surface area contributed by atoms with Crippen molar-refractivity contribution < 1.29 is 0 Å². The van der Waals surface area contributed by atoms with Gasteiger partial charge in [-0.05, 0) is 37.8 Å². The third-order valence-electron chi connectivity index (χ3n) is 4.38. The van der Waals surface area contributed by atoms with Crippen LogP contribution in [0.15, 0.2) is 12.3 Å². The topological polar surface area (TPSA) is 53.1 Å². The lowest BCUT2D eigenvalue weighted by atomic mass is 9.94. The third kappa shape index (κ3) is 3.03. The fraction of sp³-hybridized carbons (Fsp3) is 0.733. The first-order chi connectivity index (χ1) is 9.86. The van der Waals surface area contributed by atoms with Gasteiger partial charge in [-0.2, -0.15) is 4.98 Å². The Morgan fingerprint density at radius 1 is 1.45 bits per heavy atom. The number of anilines is 2. The summed E-state index contributed by atoms with van der Waals surface area (Å²) in [5, 5.41) is 6.94. The average Bonchev–Trinajstić information content (AvgIpc) is 2.92. The van der Waals surface area contributed by atoms with E-state index in [0.717, 1.165) is 43.7 Å². The van der Waals surface area contributed by atoms with Crippen LogP contribution in [0.4, 0.5) is 11.8 Å². The number of nitrogens with zero attached hydrogens (tertiary/aromatic N) is 3. The first-order valence-electron chi connectivity index (χ1n) is 7.92. The van der Waals surface area contributed by atoms with Gasteiger partial charge in [-0.3, -0.25) is 0 Å². The molecule has 1 aromatic rings. The van der Waals surface area contributed by atoms with Crippen LogP contribution in [0, 0.1) is 5.92 Å². The van der Waals surface area contributed by atoms with Crippen LogP contribution in [0.3, 0.4) is 0 Å². The molecule has 0 amide bonds. The highest BCUT2D eigenvalue weighted by molar-refractivity contribution is 5.44. The van der Waals surface area contributed by atoms with Crippen LogP contribution < -0.4 is 15.5 Å². The van der Waals surface area contributed by atoms with Crippen molar-refractivity contribution >= 4 is 11.8 Å². The Labute approximate surface area is 121 Å². The van der Waals surface area contributed by atoms with E-state index in [4.69, 9.17) is 0 Å². The smallest absolute Gasteiger partial charge is 0.224 e. The number of unbranched alkanes of at least 4 members (excludes halogenated alkanes) is 1. The van der Waals surface area contributed by atoms with Crippen LogP contribution in [0.2, 0.25) is 0 Å². The molecule has 110 valence electrons. The number of hydrogen-bond donors (Lipinski definition) is 2. The van der Waals surface area contributed by atoms with Gasteiger partial charge in [-0.1, -0.05) is 13.3 Å². The number of fused-ring (bicyclic) bond motifs is 1. The van der Waals surface area contributed by atoms with Crippen LogP contribution in [0.25, 0.3) is 0 Å². The Hall–Kier alpha value is -1.36. The predicted molar refractivity (Wildman–Crippen MR) is 82.2 cm³/mol. The second kappa shape index (κ2) is 6.39. The van der Waals surface area contributed by atoms with Crippen LogP contribution >= 0.6 is 0 Å². The molecule has 20 heavy (non-hydrogen) atoms. The van der Waals surface area contributed by atoms with Crippen molar-refractivity contribution in [2.75, 3.05) is 36.4 Å². The quantitative estimate of drug-likeness (QED) is 0.804. The lowest BCUT2D eigenvalue weighted by molar-refractivity contribution is 0.340. The molecule has 0 aromatic carbocycles. The van der Waals surface area contributed by atoms with Crippen molar-refractivity contribution in [2.45, 2.75) is 38.6 Å². The van der Waals surface area contributed by atoms with E-state index in [9.17, 15) is 0 Å². The van der Waals surface area contributed by atoms with E-state index >= 15 is 0 Å². The van der Waals surface area contributed by atoms with Crippen molar-refractivity contribution in [1.82, 2.24) is 15.3 Å². The van der Waals surface area contributed by atoms with Gasteiger partial charge >= 0.3 is 0 Å². The van der Waals surface area contributed by atoms with Crippen molar-refractivity contribution in [1.29, 1.82) is 0 Å². The third-order valence-corrected chi connectivity index (χ3v) is 4.38. The molecule has 0 unspecified atom stereocenters. The highest BCUT2D eigenvalue weighted by Gasteiger charge is 2.34. The summed E-state index contributed by atoms with van der Waals surface area (Å²) in [4.78, 5) is 11.4. The van der Waals surface area contributed by atoms with E-state index in [-0.39, 0.29) is 0 Å². The molecule has 2 aliphatic heterocycles. The first-order valence-corrected chi connectivity index (χ1v) is 7.92. The molecule has 1 aromatic heterocycles. The molecule has 2 aliphatic rings. The first kappa shape index (κ1) is 13.6. The van der Waals surface area contributed by atoms with Gasteiger partial charge in [0.15, 0.2) is 0 Å². The Kier molecular flexibility index (Phi) is 4.35. The minimum Gasteiger partial charge on any atom is -0.355 e. The molecule has 2 N–H and O–H groups in total. The van der Waals surface area contributed by atoms with Gasteiger partial charge in [-0.15, -0.1) is 0 Å². The standard InChI is InChI=1S/C15H25N5/c1-2-3-7-17-15-18-9-6-14(19-15)20-10-12-5-4-8-16-13(12)11-20/h6,9,12-13,16H,2-5,7-8,10-11H2,1H3,(H,17,18,19)/t12-,13+/m0/s1. The molecule has 5 nitrogen and oxygen atoms in total. The largest absolute Gasteiger partial charge is 0.355 e. The Bertz CT molecular complexity index is 422. The summed E-state index contributed by atoms with van der Waals surface area (Å²) in [7, 11) is 0. The van der Waals surface area contributed by atoms with Crippen LogP contribution in [0.1, 0.15) is 32.6 Å². The summed E-state index contributed by atoms with van der Waals surface area (Å²) in [6.07, 6.45) is 6.87. The zero-order valence-electron chi connectivity index (χ0n) is 12.3. The maximum atomic E-state index is 4.66. The fourth-order valence-corrected chi connectivity index (χ4v) is 3.22. The predicted octanol–water partition coefficient (Wildman–Crippen LogP) is 1.88. The number of nitrogens with one attached hydrogen (secondary N) is 2. The van der Waals surface area contributed by atoms with Gasteiger partial charge < -0.3 is 15.5 Å². The summed E-state index contributed by atoms with van der Waals surface area (Å²) in [6.45, 7) is 6.52. The zero-order chi connectivity index (χ0) is 13.8. The highest BCUT2D eigenvalue weighted by atomic mass is 15.3. The minimum absolute atomic E-state index is 0.648. The van der Waals surface area contributed by atoms with Gasteiger partial charge in [0.05, 0.1) is 0 Å². The molecule has 0 bridgehead atoms. The molecule has 0 spiro atoms. The molecule has 2 fully saturated rings. The summed E-state index contributed by atoms with van der Waals surface area (Å²) >= 11 is 0. The van der Waals surface area contributed by atoms with Crippen LogP contribution in [-0.2, 0) is 0 Å². The van der Waals surface area contributed by atoms with Crippen molar-refractivity contribution in [2.24, 2.45) is 5.92 Å². The highest BCUT2D eigenvalue weighted by Crippen LogP contribution is 2.28. The lowest BCUT2D eigenvalue weighted by Crippen LogP contribution is -2.40. The SMILES string of the molecule is CCCCNc1nccc(N2C[C@@H]3CCCN[C@@H]3C2)n1. The number of aromatic nitrogens is 2. The Morgan fingerprint density at radius 2 is 2.40 bits per heavy atom. The Balaban J connectivity index is 1.63. The van der Waals surface area contributed by atoms with Gasteiger partial charge in [0.1, 0.15) is 5.82 Å². The zero-order valence-corrected chi connectivity index (χ0v) is 12.3. The monoisotopic (exact) mass is 275 g/mol. The number of hydrogen-bond acceptors (Lipinski definition) is 5. The van der Waals surface area contributed by atoms with E-state index in [1.165, 1.54) is 25.8 Å². The van der Waals surface area contributed by atoms with Gasteiger partial charge in [0, 0.05) is 31.9 Å². The number of rotatable bonds is 5. The summed E-state index contributed by atoms with van der Waals surface area (Å²) < 4.78 is 0. The van der Waals surface area contributed by atoms with Crippen LogP contribution in [0.5, 0.6) is 0 Å². The summed E-state index contributed by atoms with van der Waals surface area (Å²) in [5.74, 6) is 2.61. The second-order valence-corrected chi connectivity index (χ2v) is 5.89. The van der Waals surface area contributed by atoms with Gasteiger partial charge in [0.25, 0.3) is 0 Å². The molecule has 3 rings (SSSR count). The van der Waals surface area contributed by atoms with Crippen molar-refractivity contribution in [3.05, 3.63) is 12.3 Å². The fourth-order valence-electron chi connectivity index (χ4n) is 3.22. The van der Waals surface area contributed by atoms with Gasteiger partial charge in [0.2, 0.25) is 5.95 Å². The molecule has 0 aliphatic carbocycles. The minimum atomic E-state index is 0.648. The normalized spacial score (nSPS) is 25.6. The molecular weight excluding hydrogens is 250 g/mol. The van der Waals surface area contributed by atoms with Gasteiger partial charge in [-0.25, -0.2) is 4.98 Å². The molecule has 2 atom stereocenters. The summed E-state index contributed by atoms with van der Waals surface area (Å²) in [6, 6.07) is 2.68. The maximum Gasteiger partial charge on any atom is 0.224 e. The molecular formula is C15H25N5. The lowest BCUT2D eigenvalue weighted by Gasteiger charge is -2.24. The Morgan fingerprint density at radius 3 is 3.25 bits per heavy atom. The molecule has 0 radical (unpaired) electrons. The molecule has 3 heterocycles. The molecule has 0 saturated carbocycles. The molecule has 2 saturated heterocycles. The van der Waals surface area contributed by atoms with E-state index in [2.05, 4.69) is 32.4 Å². The van der Waals surface area contributed by atoms with E-state index < -0.39 is 0 Å². The summed E-state index contributed by atoms with van der Waals surface area (Å²) in [5.41, 5.74) is 0. The van der Waals surface area contributed by atoms with E-state index in [1.54, 1.807) is 0 Å². The van der Waals surface area contributed by atoms with Crippen molar-refractivity contribution in [3.8, 4) is 0 Å². The average molecular weight is 275 g/mol.